The van der Waals surface area contributed by atoms with Gasteiger partial charge in [-0.15, -0.1) is 0 Å². The fourth-order valence-electron chi connectivity index (χ4n) is 4.72. The van der Waals surface area contributed by atoms with Gasteiger partial charge < -0.3 is 10.2 Å². The molecule has 6 heteroatoms. The molecule has 0 aromatic heterocycles. The van der Waals surface area contributed by atoms with Crippen LogP contribution in [0.25, 0.3) is 0 Å². The van der Waals surface area contributed by atoms with Crippen LogP contribution in [0, 0.1) is 11.7 Å². The molecule has 29 heavy (non-hydrogen) atoms. The van der Waals surface area contributed by atoms with Crippen molar-refractivity contribution in [3.8, 4) is 0 Å². The van der Waals surface area contributed by atoms with Crippen molar-refractivity contribution in [1.82, 2.24) is 15.1 Å². The van der Waals surface area contributed by atoms with Gasteiger partial charge in [-0.3, -0.25) is 9.69 Å². The van der Waals surface area contributed by atoms with E-state index in [9.17, 15) is 9.18 Å². The Morgan fingerprint density at radius 3 is 2.72 bits per heavy atom. The number of benzene rings is 1. The topological polar surface area (TPSA) is 35.6 Å². The largest absolute Gasteiger partial charge is 0.356 e. The summed E-state index contributed by atoms with van der Waals surface area (Å²) >= 11 is 6.14. The van der Waals surface area contributed by atoms with Gasteiger partial charge in [0.1, 0.15) is 5.82 Å². The van der Waals surface area contributed by atoms with Crippen LogP contribution in [0.3, 0.4) is 0 Å². The molecule has 4 nitrogen and oxygen atoms in total. The average Bonchev–Trinajstić information content (AvgIpc) is 2.74. The normalized spacial score (nSPS) is 22.0. The number of hydrogen-bond donors (Lipinski definition) is 1. The van der Waals surface area contributed by atoms with Gasteiger partial charge in [-0.05, 0) is 70.3 Å². The minimum Gasteiger partial charge on any atom is -0.356 e. The van der Waals surface area contributed by atoms with Gasteiger partial charge in [0.2, 0.25) is 5.91 Å². The lowest BCUT2D eigenvalue weighted by atomic mass is 9.95. The highest BCUT2D eigenvalue weighted by atomic mass is 35.5. The molecule has 2 saturated heterocycles. The SMILES string of the molecule is CC[C@@H]1CCCCN1CCCNC(=O)C1CCN(Cc2c(F)cccc2Cl)CC1. The van der Waals surface area contributed by atoms with Gasteiger partial charge in [-0.1, -0.05) is 31.0 Å². The molecule has 2 heterocycles. The molecule has 2 aliphatic heterocycles. The first-order valence-electron chi connectivity index (χ1n) is 11.3. The van der Waals surface area contributed by atoms with Crippen molar-refractivity contribution in [3.05, 3.63) is 34.6 Å². The lowest BCUT2D eigenvalue weighted by molar-refractivity contribution is -0.126. The summed E-state index contributed by atoms with van der Waals surface area (Å²) in [6.45, 7) is 7.43. The fourth-order valence-corrected chi connectivity index (χ4v) is 4.94. The highest BCUT2D eigenvalue weighted by molar-refractivity contribution is 6.31. The smallest absolute Gasteiger partial charge is 0.223 e. The van der Waals surface area contributed by atoms with E-state index in [2.05, 4.69) is 22.0 Å². The zero-order valence-corrected chi connectivity index (χ0v) is 18.4. The lowest BCUT2D eigenvalue weighted by Crippen LogP contribution is -2.42. The van der Waals surface area contributed by atoms with E-state index in [0.29, 0.717) is 17.1 Å². The van der Waals surface area contributed by atoms with Crippen LogP contribution < -0.4 is 5.32 Å². The summed E-state index contributed by atoms with van der Waals surface area (Å²) in [6.07, 6.45) is 7.87. The number of carbonyl (C=O) groups is 1. The number of carbonyl (C=O) groups excluding carboxylic acids is 1. The molecule has 2 aliphatic rings. The van der Waals surface area contributed by atoms with Gasteiger partial charge in [0.15, 0.2) is 0 Å². The summed E-state index contributed by atoms with van der Waals surface area (Å²) < 4.78 is 14.0. The van der Waals surface area contributed by atoms with E-state index < -0.39 is 0 Å². The standard InChI is InChI=1S/C23H35ClFN3O/c1-2-19-7-3-4-13-28(19)14-6-12-26-23(29)18-10-15-27(16-11-18)17-20-21(24)8-5-9-22(20)25/h5,8-9,18-19H,2-4,6-7,10-17H2,1H3,(H,26,29)/t19-/m1/s1. The molecule has 162 valence electrons. The molecule has 2 fully saturated rings. The Balaban J connectivity index is 1.34. The molecule has 1 amide bonds. The van der Waals surface area contributed by atoms with Gasteiger partial charge in [0, 0.05) is 42.2 Å². The Kier molecular flexibility index (Phi) is 8.76. The second-order valence-corrected chi connectivity index (χ2v) is 8.90. The zero-order valence-electron chi connectivity index (χ0n) is 17.6. The molecule has 0 radical (unpaired) electrons. The fraction of sp³-hybridized carbons (Fsp3) is 0.696. The number of rotatable bonds is 8. The van der Waals surface area contributed by atoms with Crippen molar-refractivity contribution < 1.29 is 9.18 Å². The molecule has 0 spiro atoms. The maximum Gasteiger partial charge on any atom is 0.223 e. The molecule has 0 aliphatic carbocycles. The van der Waals surface area contributed by atoms with Crippen molar-refractivity contribution in [2.75, 3.05) is 32.7 Å². The number of amides is 1. The van der Waals surface area contributed by atoms with Crippen LogP contribution in [0.1, 0.15) is 57.4 Å². The third-order valence-electron chi connectivity index (χ3n) is 6.54. The van der Waals surface area contributed by atoms with Crippen LogP contribution in [0.2, 0.25) is 5.02 Å². The summed E-state index contributed by atoms with van der Waals surface area (Å²) in [5.74, 6) is -0.00337. The zero-order chi connectivity index (χ0) is 20.6. The summed E-state index contributed by atoms with van der Waals surface area (Å²) in [4.78, 5) is 17.3. The van der Waals surface area contributed by atoms with Gasteiger partial charge in [-0.2, -0.15) is 0 Å². The highest BCUT2D eigenvalue weighted by Gasteiger charge is 2.26. The lowest BCUT2D eigenvalue weighted by Gasteiger charge is -2.35. The minimum atomic E-state index is -0.253. The van der Waals surface area contributed by atoms with Crippen LogP contribution in [-0.4, -0.2) is 54.5 Å². The summed E-state index contributed by atoms with van der Waals surface area (Å²) in [5.41, 5.74) is 0.556. The molecule has 1 aromatic rings. The number of hydrogen-bond acceptors (Lipinski definition) is 3. The Bertz CT molecular complexity index is 643. The minimum absolute atomic E-state index is 0.0701. The summed E-state index contributed by atoms with van der Waals surface area (Å²) in [6, 6.07) is 5.54. The van der Waals surface area contributed by atoms with Crippen LogP contribution in [-0.2, 0) is 11.3 Å². The number of halogens is 2. The van der Waals surface area contributed by atoms with E-state index in [4.69, 9.17) is 11.6 Å². The summed E-state index contributed by atoms with van der Waals surface area (Å²) in [5, 5.41) is 3.62. The van der Waals surface area contributed by atoms with E-state index in [1.54, 1.807) is 12.1 Å². The van der Waals surface area contributed by atoms with Crippen molar-refractivity contribution >= 4 is 17.5 Å². The predicted octanol–water partition coefficient (Wildman–Crippen LogP) is 4.46. The van der Waals surface area contributed by atoms with Crippen LogP contribution >= 0.6 is 11.6 Å². The molecule has 3 rings (SSSR count). The Hall–Kier alpha value is -1.17. The average molecular weight is 424 g/mol. The first-order chi connectivity index (χ1) is 14.1. The van der Waals surface area contributed by atoms with E-state index in [-0.39, 0.29) is 17.6 Å². The van der Waals surface area contributed by atoms with E-state index in [1.807, 2.05) is 0 Å². The van der Waals surface area contributed by atoms with Gasteiger partial charge >= 0.3 is 0 Å². The Morgan fingerprint density at radius 1 is 1.21 bits per heavy atom. The van der Waals surface area contributed by atoms with Crippen LogP contribution in [0.4, 0.5) is 4.39 Å². The number of likely N-dealkylation sites (tertiary alicyclic amines) is 2. The van der Waals surface area contributed by atoms with E-state index >= 15 is 0 Å². The number of nitrogens with zero attached hydrogens (tertiary/aromatic N) is 2. The quantitative estimate of drug-likeness (QED) is 0.627. The first kappa shape index (κ1) is 22.5. The van der Waals surface area contributed by atoms with Gasteiger partial charge in [0.05, 0.1) is 0 Å². The third kappa shape index (κ3) is 6.40. The molecular weight excluding hydrogens is 389 g/mol. The van der Waals surface area contributed by atoms with Crippen LogP contribution in [0.5, 0.6) is 0 Å². The summed E-state index contributed by atoms with van der Waals surface area (Å²) in [7, 11) is 0. The van der Waals surface area contributed by atoms with E-state index in [1.165, 1.54) is 38.3 Å². The monoisotopic (exact) mass is 423 g/mol. The molecule has 0 unspecified atom stereocenters. The van der Waals surface area contributed by atoms with Gasteiger partial charge in [0.25, 0.3) is 0 Å². The molecule has 0 bridgehead atoms. The Morgan fingerprint density at radius 2 is 2.00 bits per heavy atom. The van der Waals surface area contributed by atoms with Crippen molar-refractivity contribution in [2.45, 2.75) is 64.5 Å². The second-order valence-electron chi connectivity index (χ2n) is 8.49. The maximum absolute atomic E-state index is 14.0. The van der Waals surface area contributed by atoms with Gasteiger partial charge in [-0.25, -0.2) is 4.39 Å². The first-order valence-corrected chi connectivity index (χ1v) is 11.6. The predicted molar refractivity (Wildman–Crippen MR) is 117 cm³/mol. The maximum atomic E-state index is 14.0. The third-order valence-corrected chi connectivity index (χ3v) is 6.90. The van der Waals surface area contributed by atoms with Crippen molar-refractivity contribution in [2.24, 2.45) is 5.92 Å². The number of nitrogens with one attached hydrogen (secondary N) is 1. The van der Waals surface area contributed by atoms with Crippen molar-refractivity contribution in [1.29, 1.82) is 0 Å². The highest BCUT2D eigenvalue weighted by Crippen LogP contribution is 2.24. The van der Waals surface area contributed by atoms with Crippen molar-refractivity contribution in [3.63, 3.8) is 0 Å². The molecule has 1 aromatic carbocycles. The Labute approximate surface area is 179 Å². The molecule has 1 atom stereocenters. The second kappa shape index (κ2) is 11.3. The molecule has 0 saturated carbocycles. The molecule has 1 N–H and O–H groups in total. The molecular formula is C23H35ClFN3O. The number of piperidine rings is 2. The van der Waals surface area contributed by atoms with E-state index in [0.717, 1.165) is 51.5 Å². The van der Waals surface area contributed by atoms with Crippen LogP contribution in [0.15, 0.2) is 18.2 Å².